The molecule has 3 nitrogen and oxygen atoms in total. The molecule has 0 spiro atoms. The highest BCUT2D eigenvalue weighted by atomic mass is 16.5. The molecule has 0 amide bonds. The van der Waals surface area contributed by atoms with Crippen LogP contribution in [-0.2, 0) is 6.42 Å². The molecule has 2 rings (SSSR count). The quantitative estimate of drug-likeness (QED) is 0.800. The highest BCUT2D eigenvalue weighted by Crippen LogP contribution is 2.37. The monoisotopic (exact) mass is 277 g/mol. The standard InChI is InChI=1S/C17H27NO2/c1-3-9-19-16-11-13-7-5-6-8-15(18)14(13)12-17(16)20-10-4-2/h11-12,15H,3-10,18H2,1-2H3/t15-/m1/s1. The lowest BCUT2D eigenvalue weighted by atomic mass is 9.99. The van der Waals surface area contributed by atoms with E-state index in [0.29, 0.717) is 0 Å². The summed E-state index contributed by atoms with van der Waals surface area (Å²) in [6, 6.07) is 4.41. The maximum absolute atomic E-state index is 6.30. The average molecular weight is 277 g/mol. The van der Waals surface area contributed by atoms with Crippen molar-refractivity contribution in [3.05, 3.63) is 23.3 Å². The van der Waals surface area contributed by atoms with E-state index < -0.39 is 0 Å². The fourth-order valence-corrected chi connectivity index (χ4v) is 2.66. The van der Waals surface area contributed by atoms with E-state index in [1.54, 1.807) is 0 Å². The number of ether oxygens (including phenoxy) is 2. The smallest absolute Gasteiger partial charge is 0.161 e. The zero-order valence-electron chi connectivity index (χ0n) is 12.8. The molecule has 1 aromatic carbocycles. The van der Waals surface area contributed by atoms with Crippen molar-refractivity contribution in [2.24, 2.45) is 5.73 Å². The van der Waals surface area contributed by atoms with Gasteiger partial charge in [0.15, 0.2) is 11.5 Å². The van der Waals surface area contributed by atoms with Crippen molar-refractivity contribution in [2.75, 3.05) is 13.2 Å². The van der Waals surface area contributed by atoms with Crippen LogP contribution in [0.2, 0.25) is 0 Å². The molecular formula is C17H27NO2. The van der Waals surface area contributed by atoms with E-state index in [4.69, 9.17) is 15.2 Å². The summed E-state index contributed by atoms with van der Waals surface area (Å²) in [5, 5.41) is 0. The molecule has 1 aliphatic rings. The van der Waals surface area contributed by atoms with Crippen molar-refractivity contribution in [3.63, 3.8) is 0 Å². The van der Waals surface area contributed by atoms with E-state index in [0.717, 1.165) is 50.4 Å². The largest absolute Gasteiger partial charge is 0.490 e. The molecule has 112 valence electrons. The normalized spacial score (nSPS) is 18.2. The summed E-state index contributed by atoms with van der Waals surface area (Å²) in [5.41, 5.74) is 8.88. The number of rotatable bonds is 6. The SMILES string of the molecule is CCCOc1cc2c(cc1OCCC)[C@H](N)CCCC2. The Morgan fingerprint density at radius 2 is 1.70 bits per heavy atom. The van der Waals surface area contributed by atoms with Crippen LogP contribution in [0.4, 0.5) is 0 Å². The van der Waals surface area contributed by atoms with E-state index in [9.17, 15) is 0 Å². The molecule has 0 aromatic heterocycles. The minimum absolute atomic E-state index is 0.136. The molecule has 1 atom stereocenters. The van der Waals surface area contributed by atoms with Gasteiger partial charge in [-0.2, -0.15) is 0 Å². The van der Waals surface area contributed by atoms with Crippen LogP contribution in [0.1, 0.15) is 63.1 Å². The lowest BCUT2D eigenvalue weighted by molar-refractivity contribution is 0.267. The van der Waals surface area contributed by atoms with Gasteiger partial charge in [-0.25, -0.2) is 0 Å². The Bertz CT molecular complexity index is 431. The zero-order valence-corrected chi connectivity index (χ0v) is 12.8. The van der Waals surface area contributed by atoms with E-state index in [1.807, 2.05) is 0 Å². The summed E-state index contributed by atoms with van der Waals surface area (Å²) in [6.07, 6.45) is 6.57. The second-order valence-electron chi connectivity index (χ2n) is 5.55. The fourth-order valence-electron chi connectivity index (χ4n) is 2.66. The first kappa shape index (κ1) is 15.2. The molecule has 3 heteroatoms. The van der Waals surface area contributed by atoms with Crippen LogP contribution in [0.15, 0.2) is 12.1 Å². The van der Waals surface area contributed by atoms with Crippen LogP contribution in [0.25, 0.3) is 0 Å². The first-order valence-electron chi connectivity index (χ1n) is 7.94. The van der Waals surface area contributed by atoms with Gasteiger partial charge in [0.2, 0.25) is 0 Å². The Balaban J connectivity index is 2.31. The molecule has 0 heterocycles. The maximum Gasteiger partial charge on any atom is 0.161 e. The molecule has 0 fully saturated rings. The molecule has 1 aromatic rings. The minimum Gasteiger partial charge on any atom is -0.490 e. The summed E-state index contributed by atoms with van der Waals surface area (Å²) in [6.45, 7) is 5.68. The van der Waals surface area contributed by atoms with E-state index in [2.05, 4.69) is 26.0 Å². The molecule has 1 aliphatic carbocycles. The summed E-state index contributed by atoms with van der Waals surface area (Å²) in [5.74, 6) is 1.74. The van der Waals surface area contributed by atoms with Gasteiger partial charge >= 0.3 is 0 Å². The predicted molar refractivity (Wildman–Crippen MR) is 82.5 cm³/mol. The summed E-state index contributed by atoms with van der Waals surface area (Å²) < 4.78 is 11.7. The Labute approximate surface area is 122 Å². The van der Waals surface area contributed by atoms with Crippen molar-refractivity contribution in [3.8, 4) is 11.5 Å². The lowest BCUT2D eigenvalue weighted by Crippen LogP contribution is -2.12. The second kappa shape index (κ2) is 7.53. The molecular weight excluding hydrogens is 250 g/mol. The predicted octanol–water partition coefficient (Wildman–Crippen LogP) is 3.99. The lowest BCUT2D eigenvalue weighted by Gasteiger charge is -2.18. The van der Waals surface area contributed by atoms with Gasteiger partial charge in [0.05, 0.1) is 13.2 Å². The second-order valence-corrected chi connectivity index (χ2v) is 5.55. The molecule has 0 saturated carbocycles. The summed E-state index contributed by atoms with van der Waals surface area (Å²) >= 11 is 0. The van der Waals surface area contributed by atoms with Gasteiger partial charge in [0, 0.05) is 6.04 Å². The number of nitrogens with two attached hydrogens (primary N) is 1. The molecule has 20 heavy (non-hydrogen) atoms. The van der Waals surface area contributed by atoms with Crippen LogP contribution in [0, 0.1) is 0 Å². The van der Waals surface area contributed by atoms with E-state index in [-0.39, 0.29) is 6.04 Å². The molecule has 0 unspecified atom stereocenters. The van der Waals surface area contributed by atoms with Gasteiger partial charge in [0.1, 0.15) is 0 Å². The van der Waals surface area contributed by atoms with Gasteiger partial charge < -0.3 is 15.2 Å². The number of benzene rings is 1. The highest BCUT2D eigenvalue weighted by molar-refractivity contribution is 5.49. The zero-order chi connectivity index (χ0) is 14.4. The average Bonchev–Trinajstić information content (AvgIpc) is 2.64. The summed E-state index contributed by atoms with van der Waals surface area (Å²) in [4.78, 5) is 0. The molecule has 0 bridgehead atoms. The van der Waals surface area contributed by atoms with Crippen molar-refractivity contribution in [2.45, 2.75) is 58.4 Å². The Kier molecular flexibility index (Phi) is 5.72. The Hall–Kier alpha value is -1.22. The van der Waals surface area contributed by atoms with Gasteiger partial charge in [-0.15, -0.1) is 0 Å². The van der Waals surface area contributed by atoms with Crippen molar-refractivity contribution in [1.82, 2.24) is 0 Å². The third-order valence-corrected chi connectivity index (χ3v) is 3.74. The van der Waals surface area contributed by atoms with Gasteiger partial charge in [-0.3, -0.25) is 0 Å². The van der Waals surface area contributed by atoms with Gasteiger partial charge in [-0.1, -0.05) is 20.3 Å². The fraction of sp³-hybridized carbons (Fsp3) is 0.647. The Morgan fingerprint density at radius 1 is 1.05 bits per heavy atom. The van der Waals surface area contributed by atoms with Crippen molar-refractivity contribution >= 4 is 0 Å². The van der Waals surface area contributed by atoms with E-state index >= 15 is 0 Å². The van der Waals surface area contributed by atoms with Crippen LogP contribution >= 0.6 is 0 Å². The van der Waals surface area contributed by atoms with Gasteiger partial charge in [0.25, 0.3) is 0 Å². The topological polar surface area (TPSA) is 44.5 Å². The molecule has 0 aliphatic heterocycles. The maximum atomic E-state index is 6.30. The van der Waals surface area contributed by atoms with Gasteiger partial charge in [-0.05, 0) is 55.4 Å². The number of aryl methyl sites for hydroxylation is 1. The number of hydrogen-bond acceptors (Lipinski definition) is 3. The van der Waals surface area contributed by atoms with Crippen LogP contribution < -0.4 is 15.2 Å². The third-order valence-electron chi connectivity index (χ3n) is 3.74. The Morgan fingerprint density at radius 3 is 2.35 bits per heavy atom. The van der Waals surface area contributed by atoms with Crippen molar-refractivity contribution in [1.29, 1.82) is 0 Å². The van der Waals surface area contributed by atoms with Crippen LogP contribution in [0.5, 0.6) is 11.5 Å². The first-order chi connectivity index (χ1) is 9.76. The highest BCUT2D eigenvalue weighted by Gasteiger charge is 2.19. The number of fused-ring (bicyclic) bond motifs is 1. The third kappa shape index (κ3) is 3.66. The van der Waals surface area contributed by atoms with Crippen LogP contribution in [-0.4, -0.2) is 13.2 Å². The molecule has 0 saturated heterocycles. The molecule has 2 N–H and O–H groups in total. The van der Waals surface area contributed by atoms with E-state index in [1.165, 1.54) is 24.0 Å². The molecule has 0 radical (unpaired) electrons. The van der Waals surface area contributed by atoms with Crippen molar-refractivity contribution < 1.29 is 9.47 Å². The first-order valence-corrected chi connectivity index (χ1v) is 7.94. The number of hydrogen-bond donors (Lipinski definition) is 1. The minimum atomic E-state index is 0.136. The van der Waals surface area contributed by atoms with Crippen LogP contribution in [0.3, 0.4) is 0 Å². The summed E-state index contributed by atoms with van der Waals surface area (Å²) in [7, 11) is 0.